The quantitative estimate of drug-likeness (QED) is 0.655. The number of likely N-dealkylation sites (N-methyl/N-ethyl adjacent to an activating group) is 1. The zero-order valence-electron chi connectivity index (χ0n) is 9.50. The molecule has 0 spiro atoms. The standard InChI is InChI=1S/C11H23N3/c1-10-9-13(2)6-7-14(10)11-4-3-5-12-8-11/h10-12H,3-9H2,1-2H3. The summed E-state index contributed by atoms with van der Waals surface area (Å²) >= 11 is 0. The number of nitrogens with one attached hydrogen (secondary N) is 1. The van der Waals surface area contributed by atoms with Crippen molar-refractivity contribution in [3.8, 4) is 0 Å². The molecule has 0 amide bonds. The molecule has 0 aromatic carbocycles. The molecule has 2 rings (SSSR count). The molecule has 1 N–H and O–H groups in total. The molecule has 3 nitrogen and oxygen atoms in total. The highest BCUT2D eigenvalue weighted by molar-refractivity contribution is 4.86. The Morgan fingerprint density at radius 2 is 2.14 bits per heavy atom. The molecule has 0 saturated carbocycles. The summed E-state index contributed by atoms with van der Waals surface area (Å²) in [6.07, 6.45) is 2.74. The fraction of sp³-hybridized carbons (Fsp3) is 1.00. The summed E-state index contributed by atoms with van der Waals surface area (Å²) < 4.78 is 0. The fourth-order valence-electron chi connectivity index (χ4n) is 2.81. The first-order chi connectivity index (χ1) is 6.77. The molecule has 2 unspecified atom stereocenters. The average Bonchev–Trinajstić information content (AvgIpc) is 2.19. The monoisotopic (exact) mass is 197 g/mol. The Hall–Kier alpha value is -0.120. The van der Waals surface area contributed by atoms with Gasteiger partial charge in [-0.05, 0) is 33.4 Å². The van der Waals surface area contributed by atoms with E-state index < -0.39 is 0 Å². The third-order valence-electron chi connectivity index (χ3n) is 3.62. The first-order valence-corrected chi connectivity index (χ1v) is 5.92. The van der Waals surface area contributed by atoms with Crippen LogP contribution in [0.1, 0.15) is 19.8 Å². The minimum absolute atomic E-state index is 0.735. The van der Waals surface area contributed by atoms with Gasteiger partial charge in [-0.3, -0.25) is 4.90 Å². The zero-order chi connectivity index (χ0) is 9.97. The summed E-state index contributed by atoms with van der Waals surface area (Å²) in [6.45, 7) is 8.51. The second-order valence-corrected chi connectivity index (χ2v) is 4.85. The van der Waals surface area contributed by atoms with Gasteiger partial charge in [0.05, 0.1) is 0 Å². The summed E-state index contributed by atoms with van der Waals surface area (Å²) in [4.78, 5) is 5.14. The van der Waals surface area contributed by atoms with Crippen LogP contribution in [0.15, 0.2) is 0 Å². The lowest BCUT2D eigenvalue weighted by Crippen LogP contribution is -2.57. The minimum Gasteiger partial charge on any atom is -0.315 e. The van der Waals surface area contributed by atoms with Gasteiger partial charge in [0.2, 0.25) is 0 Å². The molecule has 2 aliphatic rings. The third-order valence-corrected chi connectivity index (χ3v) is 3.62. The Balaban J connectivity index is 1.89. The van der Waals surface area contributed by atoms with E-state index in [-0.39, 0.29) is 0 Å². The van der Waals surface area contributed by atoms with Crippen molar-refractivity contribution in [2.24, 2.45) is 0 Å². The van der Waals surface area contributed by atoms with Gasteiger partial charge in [0.1, 0.15) is 0 Å². The summed E-state index contributed by atoms with van der Waals surface area (Å²) in [6, 6.07) is 1.53. The van der Waals surface area contributed by atoms with Crippen LogP contribution in [0.25, 0.3) is 0 Å². The van der Waals surface area contributed by atoms with Crippen LogP contribution in [-0.2, 0) is 0 Å². The molecule has 14 heavy (non-hydrogen) atoms. The van der Waals surface area contributed by atoms with Crippen molar-refractivity contribution in [1.82, 2.24) is 15.1 Å². The summed E-state index contributed by atoms with van der Waals surface area (Å²) in [5.41, 5.74) is 0. The minimum atomic E-state index is 0.735. The summed E-state index contributed by atoms with van der Waals surface area (Å²) in [5.74, 6) is 0. The number of piperidine rings is 1. The van der Waals surface area contributed by atoms with E-state index in [1.54, 1.807) is 0 Å². The van der Waals surface area contributed by atoms with Crippen molar-refractivity contribution in [2.75, 3.05) is 39.8 Å². The van der Waals surface area contributed by atoms with E-state index in [4.69, 9.17) is 0 Å². The van der Waals surface area contributed by atoms with Gasteiger partial charge in [-0.1, -0.05) is 0 Å². The molecule has 3 heteroatoms. The van der Waals surface area contributed by atoms with Crippen LogP contribution < -0.4 is 5.32 Å². The van der Waals surface area contributed by atoms with Gasteiger partial charge in [0.15, 0.2) is 0 Å². The van der Waals surface area contributed by atoms with Crippen LogP contribution in [0.5, 0.6) is 0 Å². The lowest BCUT2D eigenvalue weighted by molar-refractivity contribution is 0.0509. The number of hydrogen-bond donors (Lipinski definition) is 1. The number of piperazine rings is 1. The molecular formula is C11H23N3. The van der Waals surface area contributed by atoms with E-state index in [1.165, 1.54) is 45.6 Å². The molecule has 0 aromatic heterocycles. The number of rotatable bonds is 1. The third kappa shape index (κ3) is 2.27. The second kappa shape index (κ2) is 4.60. The van der Waals surface area contributed by atoms with Crippen LogP contribution in [-0.4, -0.2) is 61.7 Å². The van der Waals surface area contributed by atoms with Crippen molar-refractivity contribution in [3.05, 3.63) is 0 Å². The van der Waals surface area contributed by atoms with Gasteiger partial charge in [-0.15, -0.1) is 0 Å². The predicted molar refractivity (Wildman–Crippen MR) is 59.6 cm³/mol. The van der Waals surface area contributed by atoms with Crippen molar-refractivity contribution >= 4 is 0 Å². The van der Waals surface area contributed by atoms with Gasteiger partial charge < -0.3 is 10.2 Å². The smallest absolute Gasteiger partial charge is 0.0225 e. The van der Waals surface area contributed by atoms with Gasteiger partial charge in [-0.25, -0.2) is 0 Å². The summed E-state index contributed by atoms with van der Waals surface area (Å²) in [7, 11) is 2.23. The molecular weight excluding hydrogens is 174 g/mol. The van der Waals surface area contributed by atoms with Crippen LogP contribution in [0.4, 0.5) is 0 Å². The van der Waals surface area contributed by atoms with Gasteiger partial charge in [0.25, 0.3) is 0 Å². The highest BCUT2D eigenvalue weighted by atomic mass is 15.3. The molecule has 0 bridgehead atoms. The molecule has 0 radical (unpaired) electrons. The van der Waals surface area contributed by atoms with Gasteiger partial charge in [0, 0.05) is 38.3 Å². The molecule has 0 aliphatic carbocycles. The van der Waals surface area contributed by atoms with E-state index in [0.29, 0.717) is 0 Å². The lowest BCUT2D eigenvalue weighted by atomic mass is 10.0. The van der Waals surface area contributed by atoms with Crippen LogP contribution >= 0.6 is 0 Å². The molecule has 2 atom stereocenters. The largest absolute Gasteiger partial charge is 0.315 e. The van der Waals surface area contributed by atoms with Crippen molar-refractivity contribution < 1.29 is 0 Å². The average molecular weight is 197 g/mol. The van der Waals surface area contributed by atoms with Crippen LogP contribution in [0, 0.1) is 0 Å². The van der Waals surface area contributed by atoms with Gasteiger partial charge in [-0.2, -0.15) is 0 Å². The molecule has 2 saturated heterocycles. The Kier molecular flexibility index (Phi) is 3.42. The van der Waals surface area contributed by atoms with Crippen molar-refractivity contribution in [2.45, 2.75) is 31.8 Å². The molecule has 2 fully saturated rings. The maximum atomic E-state index is 3.51. The Morgan fingerprint density at radius 1 is 1.29 bits per heavy atom. The van der Waals surface area contributed by atoms with Crippen LogP contribution in [0.2, 0.25) is 0 Å². The maximum Gasteiger partial charge on any atom is 0.0225 e. The lowest BCUT2D eigenvalue weighted by Gasteiger charge is -2.44. The molecule has 82 valence electrons. The Morgan fingerprint density at radius 3 is 2.79 bits per heavy atom. The first-order valence-electron chi connectivity index (χ1n) is 5.92. The van der Waals surface area contributed by atoms with Crippen molar-refractivity contribution in [1.29, 1.82) is 0 Å². The normalized spacial score (nSPS) is 37.3. The van der Waals surface area contributed by atoms with E-state index in [9.17, 15) is 0 Å². The van der Waals surface area contributed by atoms with Crippen molar-refractivity contribution in [3.63, 3.8) is 0 Å². The predicted octanol–water partition coefficient (Wildman–Crippen LogP) is 0.374. The van der Waals surface area contributed by atoms with Crippen LogP contribution in [0.3, 0.4) is 0 Å². The van der Waals surface area contributed by atoms with E-state index in [1.807, 2.05) is 0 Å². The fourth-order valence-corrected chi connectivity index (χ4v) is 2.81. The number of hydrogen-bond acceptors (Lipinski definition) is 3. The summed E-state index contributed by atoms with van der Waals surface area (Å²) in [5, 5.41) is 3.51. The topological polar surface area (TPSA) is 18.5 Å². The first kappa shape index (κ1) is 10.4. The molecule has 2 aliphatic heterocycles. The molecule has 0 aromatic rings. The molecule has 2 heterocycles. The second-order valence-electron chi connectivity index (χ2n) is 4.85. The Bertz CT molecular complexity index is 177. The Labute approximate surface area is 87.4 Å². The number of nitrogens with zero attached hydrogens (tertiary/aromatic N) is 2. The zero-order valence-corrected chi connectivity index (χ0v) is 9.50. The highest BCUT2D eigenvalue weighted by Crippen LogP contribution is 2.16. The van der Waals surface area contributed by atoms with E-state index >= 15 is 0 Å². The van der Waals surface area contributed by atoms with E-state index in [2.05, 4.69) is 29.1 Å². The highest BCUT2D eigenvalue weighted by Gasteiger charge is 2.28. The SMILES string of the molecule is CC1CN(C)CCN1C1CCCNC1. The van der Waals surface area contributed by atoms with Gasteiger partial charge >= 0.3 is 0 Å². The maximum absolute atomic E-state index is 3.51. The van der Waals surface area contributed by atoms with E-state index in [0.717, 1.165) is 12.1 Å².